The molecule has 0 amide bonds. The Morgan fingerprint density at radius 2 is 1.67 bits per heavy atom. The summed E-state index contributed by atoms with van der Waals surface area (Å²) in [7, 11) is 1.47. The fraction of sp³-hybridized carbons (Fsp3) is 0.706. The molecule has 5 nitrogen and oxygen atoms in total. The average Bonchev–Trinajstić information content (AvgIpc) is 2.85. The van der Waals surface area contributed by atoms with Crippen molar-refractivity contribution in [3.8, 4) is 6.07 Å². The van der Waals surface area contributed by atoms with Crippen molar-refractivity contribution in [1.82, 2.24) is 0 Å². The van der Waals surface area contributed by atoms with E-state index in [1.165, 1.54) is 7.11 Å². The molecule has 2 aliphatic carbocycles. The minimum Gasteiger partial charge on any atom is -0.469 e. The molecule has 0 aromatic rings. The van der Waals surface area contributed by atoms with Crippen LogP contribution in [-0.4, -0.2) is 24.6 Å². The normalized spacial score (nSPS) is 26.5. The molecule has 5 heteroatoms. The van der Waals surface area contributed by atoms with Gasteiger partial charge in [0.1, 0.15) is 6.07 Å². The first-order valence-corrected chi connectivity index (χ1v) is 14.5. The molecule has 0 heterocycles. The van der Waals surface area contributed by atoms with E-state index in [1.54, 1.807) is 26.0 Å². The van der Waals surface area contributed by atoms with E-state index in [0.29, 0.717) is 12.0 Å². The second-order valence-corrected chi connectivity index (χ2v) is 14.2. The smallest absolute Gasteiger partial charge is 0.311 e. The third-order valence-corrected chi connectivity index (χ3v) is 10.3. The van der Waals surface area contributed by atoms with Gasteiger partial charge in [0, 0.05) is 5.41 Å². The predicted octanol–water partition coefficient (Wildman–Crippen LogP) is 8.25. The number of allylic oxidation sites excluding steroid dienone is 6. The lowest BCUT2D eigenvalue weighted by Crippen LogP contribution is -2.48. The lowest BCUT2D eigenvalue weighted by Gasteiger charge is -2.56. The highest BCUT2D eigenvalue weighted by molar-refractivity contribution is 6.12. The highest BCUT2D eigenvalue weighted by Gasteiger charge is 2.55. The first-order valence-electron chi connectivity index (χ1n) is 14.5. The van der Waals surface area contributed by atoms with Gasteiger partial charge in [0.2, 0.25) is 0 Å². The van der Waals surface area contributed by atoms with Crippen molar-refractivity contribution in [3.63, 3.8) is 0 Å². The van der Waals surface area contributed by atoms with Crippen LogP contribution >= 0.6 is 0 Å². The number of ether oxygens (including phenoxy) is 1. The second-order valence-electron chi connectivity index (χ2n) is 14.2. The van der Waals surface area contributed by atoms with Gasteiger partial charge in [0.25, 0.3) is 0 Å². The Balaban J connectivity index is 2.52. The molecule has 0 N–H and O–H groups in total. The molecule has 2 rings (SSSR count). The number of hydrogen-bond acceptors (Lipinski definition) is 5. The molecule has 0 spiro atoms. The minimum atomic E-state index is -0.686. The van der Waals surface area contributed by atoms with Crippen molar-refractivity contribution in [2.24, 2.45) is 27.1 Å². The number of carbonyl (C=O) groups excluding carboxylic acids is 3. The van der Waals surface area contributed by atoms with Gasteiger partial charge >= 0.3 is 5.97 Å². The second kappa shape index (κ2) is 11.6. The lowest BCUT2D eigenvalue weighted by atomic mass is 9.47. The van der Waals surface area contributed by atoms with E-state index in [0.717, 1.165) is 56.1 Å². The van der Waals surface area contributed by atoms with E-state index in [2.05, 4.69) is 47.6 Å². The molecule has 2 aliphatic rings. The van der Waals surface area contributed by atoms with Gasteiger partial charge in [0.15, 0.2) is 11.6 Å². The molecule has 0 saturated heterocycles. The van der Waals surface area contributed by atoms with Crippen molar-refractivity contribution in [1.29, 1.82) is 5.26 Å². The maximum absolute atomic E-state index is 13.1. The van der Waals surface area contributed by atoms with Gasteiger partial charge in [-0.05, 0) is 118 Å². The average molecular weight is 538 g/mol. The third-order valence-electron chi connectivity index (χ3n) is 10.3. The summed E-state index contributed by atoms with van der Waals surface area (Å²) in [5.41, 5.74) is 0.909. The molecule has 0 bridgehead atoms. The fourth-order valence-corrected chi connectivity index (χ4v) is 7.09. The lowest BCUT2D eigenvalue weighted by molar-refractivity contribution is -0.153. The fourth-order valence-electron chi connectivity index (χ4n) is 7.09. The maximum Gasteiger partial charge on any atom is 0.311 e. The summed E-state index contributed by atoms with van der Waals surface area (Å²) in [6, 6.07) is 2.10. The Hall–Kier alpha value is -2.48. The number of carbonyl (C=O) groups is 3. The van der Waals surface area contributed by atoms with Crippen LogP contribution in [-0.2, 0) is 19.1 Å². The number of esters is 1. The SMILES string of the molecule is CCCC(C)(C)CC[C@@](C)(CCC(C)(C)[C@]1(C)CCC2=C(C)C(=O)C(C#N)=C[C@]2(C)/C1=C/C(C)=O)C(=O)OC. The van der Waals surface area contributed by atoms with E-state index in [-0.39, 0.29) is 33.9 Å². The van der Waals surface area contributed by atoms with E-state index in [4.69, 9.17) is 4.74 Å². The highest BCUT2D eigenvalue weighted by Crippen LogP contribution is 2.64. The molecule has 1 saturated carbocycles. The Morgan fingerprint density at radius 1 is 1.08 bits per heavy atom. The molecule has 3 atom stereocenters. The monoisotopic (exact) mass is 537 g/mol. The van der Waals surface area contributed by atoms with Gasteiger partial charge in [-0.25, -0.2) is 0 Å². The van der Waals surface area contributed by atoms with Gasteiger partial charge in [-0.3, -0.25) is 14.4 Å². The largest absolute Gasteiger partial charge is 0.469 e. The van der Waals surface area contributed by atoms with Crippen molar-refractivity contribution in [3.05, 3.63) is 34.4 Å². The molecule has 0 aromatic heterocycles. The van der Waals surface area contributed by atoms with Crippen molar-refractivity contribution in [2.45, 2.75) is 121 Å². The number of ketones is 2. The summed E-state index contributed by atoms with van der Waals surface area (Å²) in [5, 5.41) is 9.74. The van der Waals surface area contributed by atoms with Crippen LogP contribution in [0.5, 0.6) is 0 Å². The zero-order valence-corrected chi connectivity index (χ0v) is 26.4. The Bertz CT molecular complexity index is 1140. The van der Waals surface area contributed by atoms with Gasteiger partial charge in [-0.15, -0.1) is 0 Å². The molecule has 0 aliphatic heterocycles. The van der Waals surface area contributed by atoms with Crippen molar-refractivity contribution >= 4 is 17.5 Å². The van der Waals surface area contributed by atoms with Crippen LogP contribution in [0.2, 0.25) is 0 Å². The topological polar surface area (TPSA) is 84.2 Å². The molecule has 0 aromatic carbocycles. The van der Waals surface area contributed by atoms with E-state index in [1.807, 2.05) is 13.8 Å². The molecule has 39 heavy (non-hydrogen) atoms. The number of hydrogen-bond donors (Lipinski definition) is 0. The number of methoxy groups -OCH3 is 1. The number of rotatable bonds is 11. The van der Waals surface area contributed by atoms with Crippen LogP contribution in [0.3, 0.4) is 0 Å². The van der Waals surface area contributed by atoms with Crippen molar-refractivity contribution in [2.75, 3.05) is 7.11 Å². The third kappa shape index (κ3) is 6.31. The summed E-state index contributed by atoms with van der Waals surface area (Å²) >= 11 is 0. The molecular weight excluding hydrogens is 486 g/mol. The summed E-state index contributed by atoms with van der Waals surface area (Å²) in [4.78, 5) is 38.6. The standard InChI is InChI=1S/C34H51NO4/c1-12-14-30(4,5)16-18-32(8,29(38)39-11)19-17-31(6,7)34(10)15-13-26-24(3)28(37)25(22-35)21-33(26,9)27(34)20-23(2)36/h20-21H,12-19H2,1-11H3/b27-20-/t32-,33-,34+/m0/s1. The van der Waals surface area contributed by atoms with E-state index >= 15 is 0 Å². The summed E-state index contributed by atoms with van der Waals surface area (Å²) in [5.74, 6) is -0.428. The van der Waals surface area contributed by atoms with Crippen LogP contribution in [0.15, 0.2) is 34.4 Å². The van der Waals surface area contributed by atoms with Gasteiger partial charge < -0.3 is 4.74 Å². The zero-order chi connectivity index (χ0) is 30.0. The van der Waals surface area contributed by atoms with Crippen LogP contribution in [0, 0.1) is 38.4 Å². The molecule has 216 valence electrons. The quantitative estimate of drug-likeness (QED) is 0.196. The van der Waals surface area contributed by atoms with Crippen LogP contribution in [0.25, 0.3) is 0 Å². The first kappa shape index (κ1) is 32.7. The molecule has 0 unspecified atom stereocenters. The van der Waals surface area contributed by atoms with Gasteiger partial charge in [-0.1, -0.05) is 48.0 Å². The summed E-state index contributed by atoms with van der Waals surface area (Å²) < 4.78 is 5.31. The Labute approximate surface area is 237 Å². The Morgan fingerprint density at radius 3 is 2.18 bits per heavy atom. The molecule has 1 fully saturated rings. The Kier molecular flexibility index (Phi) is 9.70. The maximum atomic E-state index is 13.1. The first-order chi connectivity index (χ1) is 17.8. The van der Waals surface area contributed by atoms with Crippen LogP contribution in [0.4, 0.5) is 0 Å². The summed E-state index contributed by atoms with van der Waals surface area (Å²) in [6.45, 7) is 20.9. The van der Waals surface area contributed by atoms with E-state index in [9.17, 15) is 19.6 Å². The molecular formula is C34H51NO4. The van der Waals surface area contributed by atoms with Gasteiger partial charge in [0.05, 0.1) is 18.1 Å². The number of fused-ring (bicyclic) bond motifs is 1. The number of nitriles is 1. The summed E-state index contributed by atoms with van der Waals surface area (Å²) in [6.07, 6.45) is 10.4. The molecule has 0 radical (unpaired) electrons. The van der Waals surface area contributed by atoms with Crippen LogP contribution in [0.1, 0.15) is 121 Å². The number of nitrogens with zero attached hydrogens (tertiary/aromatic N) is 1. The van der Waals surface area contributed by atoms with E-state index < -0.39 is 16.2 Å². The van der Waals surface area contributed by atoms with Crippen molar-refractivity contribution < 1.29 is 19.1 Å². The van der Waals surface area contributed by atoms with Crippen LogP contribution < -0.4 is 0 Å². The minimum absolute atomic E-state index is 0.0477. The van der Waals surface area contributed by atoms with Gasteiger partial charge in [-0.2, -0.15) is 5.26 Å². The number of Topliss-reactive ketones (excluding diaryl/α,β-unsaturated/α-hetero) is 1. The highest BCUT2D eigenvalue weighted by atomic mass is 16.5. The zero-order valence-electron chi connectivity index (χ0n) is 26.4. The predicted molar refractivity (Wildman–Crippen MR) is 157 cm³/mol.